The number of nitrogens with one attached hydrogen (secondary N) is 1. The summed E-state index contributed by atoms with van der Waals surface area (Å²) in [6, 6.07) is 4.47. The van der Waals surface area contributed by atoms with Crippen molar-refractivity contribution in [3.05, 3.63) is 39.9 Å². The van der Waals surface area contributed by atoms with Crippen molar-refractivity contribution in [1.29, 1.82) is 5.26 Å². The number of aromatic nitrogens is 1. The minimum absolute atomic E-state index is 0.181. The molecule has 0 radical (unpaired) electrons. The zero-order chi connectivity index (χ0) is 19.4. The van der Waals surface area contributed by atoms with Crippen molar-refractivity contribution in [2.75, 3.05) is 11.1 Å². The van der Waals surface area contributed by atoms with Crippen molar-refractivity contribution in [2.45, 2.75) is 43.3 Å². The highest BCUT2D eigenvalue weighted by atomic mass is 32.2. The highest BCUT2D eigenvalue weighted by Crippen LogP contribution is 2.37. The van der Waals surface area contributed by atoms with Crippen LogP contribution in [0.4, 0.5) is 18.2 Å². The van der Waals surface area contributed by atoms with Gasteiger partial charge in [0.05, 0.1) is 16.2 Å². The van der Waals surface area contributed by atoms with Gasteiger partial charge in [-0.25, -0.2) is 4.98 Å². The lowest BCUT2D eigenvalue weighted by Crippen LogP contribution is -2.12. The second kappa shape index (κ2) is 8.31. The van der Waals surface area contributed by atoms with Gasteiger partial charge in [0.2, 0.25) is 5.91 Å². The number of thiophene rings is 1. The molecule has 1 amide bonds. The monoisotopic (exact) mass is 411 g/mol. The van der Waals surface area contributed by atoms with E-state index < -0.39 is 11.7 Å². The molecule has 142 valence electrons. The number of rotatable bonds is 5. The number of thioether (sulfide) groups is 1. The molecular weight excluding hydrogens is 395 g/mol. The molecular formula is C18H16F3N3OS2. The summed E-state index contributed by atoms with van der Waals surface area (Å²) in [5.41, 5.74) is 0.836. The second-order valence-electron chi connectivity index (χ2n) is 6.06. The summed E-state index contributed by atoms with van der Waals surface area (Å²) < 4.78 is 37.5. The van der Waals surface area contributed by atoms with Crippen molar-refractivity contribution in [2.24, 2.45) is 0 Å². The third-order valence-corrected chi connectivity index (χ3v) is 6.33. The molecule has 0 saturated carbocycles. The van der Waals surface area contributed by atoms with Crippen LogP contribution in [0.15, 0.2) is 23.4 Å². The summed E-state index contributed by atoms with van der Waals surface area (Å²) in [6.07, 6.45) is 0.540. The Morgan fingerprint density at radius 2 is 2.11 bits per heavy atom. The van der Waals surface area contributed by atoms with Gasteiger partial charge in [-0.2, -0.15) is 18.4 Å². The van der Waals surface area contributed by atoms with E-state index in [2.05, 4.69) is 16.4 Å². The third kappa shape index (κ3) is 4.82. The van der Waals surface area contributed by atoms with Crippen LogP contribution < -0.4 is 5.32 Å². The van der Waals surface area contributed by atoms with Gasteiger partial charge < -0.3 is 5.32 Å². The zero-order valence-corrected chi connectivity index (χ0v) is 15.9. The van der Waals surface area contributed by atoms with Gasteiger partial charge in [-0.3, -0.25) is 4.79 Å². The number of anilines is 1. The topological polar surface area (TPSA) is 65.8 Å². The molecule has 1 aliphatic carbocycles. The van der Waals surface area contributed by atoms with Crippen LogP contribution >= 0.6 is 23.1 Å². The molecule has 0 aliphatic heterocycles. The van der Waals surface area contributed by atoms with Crippen molar-refractivity contribution < 1.29 is 18.0 Å². The maximum absolute atomic E-state index is 12.5. The minimum Gasteiger partial charge on any atom is -0.317 e. The minimum atomic E-state index is -4.41. The first-order valence-corrected chi connectivity index (χ1v) is 10.2. The number of fused-ring (bicyclic) bond motifs is 1. The van der Waals surface area contributed by atoms with E-state index in [1.54, 1.807) is 0 Å². The van der Waals surface area contributed by atoms with E-state index >= 15 is 0 Å². The summed E-state index contributed by atoms with van der Waals surface area (Å²) in [4.78, 5) is 17.1. The summed E-state index contributed by atoms with van der Waals surface area (Å²) >= 11 is 2.68. The van der Waals surface area contributed by atoms with E-state index in [0.717, 1.165) is 43.5 Å². The quantitative estimate of drug-likeness (QED) is 0.701. The fourth-order valence-corrected chi connectivity index (χ4v) is 4.89. The largest absolute Gasteiger partial charge is 0.417 e. The Labute approximate surface area is 162 Å². The van der Waals surface area contributed by atoms with Crippen LogP contribution in [-0.2, 0) is 23.8 Å². The van der Waals surface area contributed by atoms with Gasteiger partial charge in [0.1, 0.15) is 11.1 Å². The molecule has 27 heavy (non-hydrogen) atoms. The van der Waals surface area contributed by atoms with Gasteiger partial charge in [0.15, 0.2) is 0 Å². The predicted molar refractivity (Wildman–Crippen MR) is 98.9 cm³/mol. The number of carbonyl (C=O) groups excluding carboxylic acids is 1. The van der Waals surface area contributed by atoms with Crippen LogP contribution in [0.1, 0.15) is 40.8 Å². The molecule has 0 unspecified atom stereocenters. The lowest BCUT2D eigenvalue weighted by molar-refractivity contribution is -0.137. The number of halogens is 3. The number of pyridine rings is 1. The van der Waals surface area contributed by atoms with Crippen molar-refractivity contribution in [3.63, 3.8) is 0 Å². The summed E-state index contributed by atoms with van der Waals surface area (Å²) in [6.45, 7) is 0. The van der Waals surface area contributed by atoms with Gasteiger partial charge >= 0.3 is 6.18 Å². The third-order valence-electron chi connectivity index (χ3n) is 4.18. The molecule has 0 fully saturated rings. The average Bonchev–Trinajstić information content (AvgIpc) is 2.98. The number of amides is 1. The molecule has 0 aromatic carbocycles. The van der Waals surface area contributed by atoms with Crippen molar-refractivity contribution in [3.8, 4) is 6.07 Å². The highest BCUT2D eigenvalue weighted by Gasteiger charge is 2.30. The fourth-order valence-electron chi connectivity index (χ4n) is 2.84. The van der Waals surface area contributed by atoms with Crippen molar-refractivity contribution in [1.82, 2.24) is 4.98 Å². The molecule has 0 bridgehead atoms. The Kier molecular flexibility index (Phi) is 6.07. The molecule has 2 aromatic rings. The zero-order valence-electron chi connectivity index (χ0n) is 14.2. The fraction of sp³-hybridized carbons (Fsp3) is 0.389. The van der Waals surface area contributed by atoms with Crippen LogP contribution in [0.25, 0.3) is 0 Å². The summed E-state index contributed by atoms with van der Waals surface area (Å²) in [7, 11) is 0. The molecule has 1 N–H and O–H groups in total. The molecule has 9 heteroatoms. The predicted octanol–water partition coefficient (Wildman–Crippen LogP) is 5.03. The highest BCUT2D eigenvalue weighted by molar-refractivity contribution is 7.99. The number of hydrogen-bond donors (Lipinski definition) is 1. The van der Waals surface area contributed by atoms with Crippen LogP contribution in [0.5, 0.6) is 0 Å². The Bertz CT molecular complexity index is 870. The number of aryl methyl sites for hydroxylation is 1. The summed E-state index contributed by atoms with van der Waals surface area (Å²) in [5, 5.41) is 13.2. The summed E-state index contributed by atoms with van der Waals surface area (Å²) in [5.74, 6) is 0.168. The van der Waals surface area contributed by atoms with Crippen LogP contribution in [0, 0.1) is 11.3 Å². The van der Waals surface area contributed by atoms with E-state index in [1.807, 2.05) is 0 Å². The number of nitrogens with zero attached hydrogens (tertiary/aromatic N) is 2. The van der Waals surface area contributed by atoms with Crippen LogP contribution in [0.3, 0.4) is 0 Å². The normalized spacial score (nSPS) is 13.7. The first-order chi connectivity index (χ1) is 12.9. The van der Waals surface area contributed by atoms with Crippen LogP contribution in [-0.4, -0.2) is 16.6 Å². The van der Waals surface area contributed by atoms with Gasteiger partial charge in [0.25, 0.3) is 0 Å². The van der Waals surface area contributed by atoms with Crippen LogP contribution in [0.2, 0.25) is 0 Å². The number of carbonyl (C=O) groups is 1. The maximum atomic E-state index is 12.5. The molecule has 0 saturated heterocycles. The molecule has 0 spiro atoms. The number of hydrogen-bond acceptors (Lipinski definition) is 5. The second-order valence-corrected chi connectivity index (χ2v) is 8.28. The lowest BCUT2D eigenvalue weighted by Gasteiger charge is -2.09. The van der Waals surface area contributed by atoms with E-state index in [9.17, 15) is 23.2 Å². The smallest absolute Gasteiger partial charge is 0.317 e. The van der Waals surface area contributed by atoms with Crippen molar-refractivity contribution >= 4 is 34.0 Å². The van der Waals surface area contributed by atoms with E-state index in [0.29, 0.717) is 21.3 Å². The number of nitriles is 1. The molecule has 2 aromatic heterocycles. The Balaban J connectivity index is 1.53. The van der Waals surface area contributed by atoms with Gasteiger partial charge in [-0.05, 0) is 43.4 Å². The standard InChI is InChI=1S/C18H16F3N3OS2/c19-18(20,21)11-5-6-16(23-10-11)26-8-7-15(25)24-17-13(9-22)12-3-1-2-4-14(12)27-17/h5-6,10H,1-4,7-8H2,(H,24,25). The average molecular weight is 411 g/mol. The number of alkyl halides is 3. The Morgan fingerprint density at radius 3 is 2.78 bits per heavy atom. The Hall–Kier alpha value is -2.05. The first kappa shape index (κ1) is 19.7. The van der Waals surface area contributed by atoms with Gasteiger partial charge in [-0.15, -0.1) is 23.1 Å². The maximum Gasteiger partial charge on any atom is 0.417 e. The first-order valence-electron chi connectivity index (χ1n) is 8.39. The Morgan fingerprint density at radius 1 is 1.33 bits per heavy atom. The molecule has 0 atom stereocenters. The molecule has 4 nitrogen and oxygen atoms in total. The lowest BCUT2D eigenvalue weighted by atomic mass is 9.96. The van der Waals surface area contributed by atoms with E-state index in [-0.39, 0.29) is 12.3 Å². The van der Waals surface area contributed by atoms with Gasteiger partial charge in [0, 0.05) is 23.2 Å². The molecule has 2 heterocycles. The van der Waals surface area contributed by atoms with Gasteiger partial charge in [-0.1, -0.05) is 0 Å². The molecule has 1 aliphatic rings. The molecule has 3 rings (SSSR count). The van der Waals surface area contributed by atoms with E-state index in [4.69, 9.17) is 0 Å². The van der Waals surface area contributed by atoms with E-state index in [1.165, 1.54) is 34.0 Å². The SMILES string of the molecule is N#Cc1c(NC(=O)CCSc2ccc(C(F)(F)F)cn2)sc2c1CCCC2.